The van der Waals surface area contributed by atoms with Gasteiger partial charge in [0.05, 0.1) is 23.6 Å². The first-order chi connectivity index (χ1) is 16.5. The molecule has 1 unspecified atom stereocenters. The molecule has 0 spiro atoms. The van der Waals surface area contributed by atoms with Crippen molar-refractivity contribution in [1.82, 2.24) is 5.32 Å². The maximum atomic E-state index is 11.4. The standard InChI is InChI=1S/C24H25ClN2O7S/c1-35(32,33)27-21-13-16(5-9-22(21)28)23(29)14-26-10-11-34-18-6-2-15(3-7-18)19-8-4-17(24(30)31)12-20(19)25/h2-9,12-13,23,26-29H,10-11,14H2,1H3,(H,30,31). The van der Waals surface area contributed by atoms with Gasteiger partial charge in [0.25, 0.3) is 0 Å². The van der Waals surface area contributed by atoms with Crippen molar-refractivity contribution in [2.45, 2.75) is 6.10 Å². The third kappa shape index (κ3) is 7.59. The molecule has 5 N–H and O–H groups in total. The molecular weight excluding hydrogens is 496 g/mol. The molecule has 0 saturated carbocycles. The maximum absolute atomic E-state index is 11.4. The Hall–Kier alpha value is -3.31. The number of aromatic hydroxyl groups is 1. The third-order valence-electron chi connectivity index (χ3n) is 4.97. The predicted octanol–water partition coefficient (Wildman–Crippen LogP) is 3.48. The van der Waals surface area contributed by atoms with Crippen LogP contribution in [0.15, 0.2) is 60.7 Å². The van der Waals surface area contributed by atoms with Gasteiger partial charge < -0.3 is 25.4 Å². The number of rotatable bonds is 11. The van der Waals surface area contributed by atoms with Crippen LogP contribution >= 0.6 is 11.6 Å². The number of carboxylic acid groups (broad SMARTS) is 1. The summed E-state index contributed by atoms with van der Waals surface area (Å²) in [5.41, 5.74) is 2.08. The number of aromatic carboxylic acids is 1. The van der Waals surface area contributed by atoms with Crippen molar-refractivity contribution >= 4 is 33.3 Å². The number of anilines is 1. The fourth-order valence-electron chi connectivity index (χ4n) is 3.25. The van der Waals surface area contributed by atoms with Crippen LogP contribution in [0.3, 0.4) is 0 Å². The molecule has 0 saturated heterocycles. The van der Waals surface area contributed by atoms with Gasteiger partial charge in [-0.1, -0.05) is 35.9 Å². The molecule has 186 valence electrons. The van der Waals surface area contributed by atoms with Crippen molar-refractivity contribution in [3.8, 4) is 22.6 Å². The van der Waals surface area contributed by atoms with Gasteiger partial charge in [0.15, 0.2) is 0 Å². The number of nitrogens with one attached hydrogen (secondary N) is 2. The third-order valence-corrected chi connectivity index (χ3v) is 5.87. The first-order valence-electron chi connectivity index (χ1n) is 10.5. The molecule has 35 heavy (non-hydrogen) atoms. The van der Waals surface area contributed by atoms with Crippen LogP contribution in [-0.4, -0.2) is 55.7 Å². The number of benzene rings is 3. The lowest BCUT2D eigenvalue weighted by molar-refractivity contribution is 0.0697. The Morgan fingerprint density at radius 3 is 2.43 bits per heavy atom. The van der Waals surface area contributed by atoms with E-state index >= 15 is 0 Å². The zero-order valence-corrected chi connectivity index (χ0v) is 20.3. The van der Waals surface area contributed by atoms with Gasteiger partial charge in [0.2, 0.25) is 10.0 Å². The van der Waals surface area contributed by atoms with Crippen LogP contribution in [0.5, 0.6) is 11.5 Å². The second kappa shape index (κ2) is 11.4. The Morgan fingerprint density at radius 1 is 1.09 bits per heavy atom. The van der Waals surface area contributed by atoms with E-state index in [1.165, 1.54) is 30.3 Å². The highest BCUT2D eigenvalue weighted by molar-refractivity contribution is 7.92. The van der Waals surface area contributed by atoms with Crippen LogP contribution < -0.4 is 14.8 Å². The van der Waals surface area contributed by atoms with E-state index in [4.69, 9.17) is 21.4 Å². The second-order valence-electron chi connectivity index (χ2n) is 7.74. The molecular formula is C24H25ClN2O7S. The van der Waals surface area contributed by atoms with E-state index in [0.717, 1.165) is 11.8 Å². The van der Waals surface area contributed by atoms with Gasteiger partial charge in [0, 0.05) is 23.7 Å². The number of carboxylic acids is 1. The molecule has 3 aromatic carbocycles. The number of halogens is 1. The summed E-state index contributed by atoms with van der Waals surface area (Å²) >= 11 is 6.21. The number of sulfonamides is 1. The summed E-state index contributed by atoms with van der Waals surface area (Å²) in [6.07, 6.45) is 0.0467. The number of aliphatic hydroxyl groups excluding tert-OH is 1. The lowest BCUT2D eigenvalue weighted by Gasteiger charge is -2.15. The molecule has 0 aromatic heterocycles. The Bertz CT molecular complexity index is 1300. The van der Waals surface area contributed by atoms with Gasteiger partial charge in [-0.25, -0.2) is 13.2 Å². The van der Waals surface area contributed by atoms with Crippen molar-refractivity contribution in [2.24, 2.45) is 0 Å². The van der Waals surface area contributed by atoms with E-state index < -0.39 is 22.1 Å². The molecule has 0 aliphatic rings. The fraction of sp³-hybridized carbons (Fsp3) is 0.208. The predicted molar refractivity (Wildman–Crippen MR) is 134 cm³/mol. The SMILES string of the molecule is CS(=O)(=O)Nc1cc(C(O)CNCCOc2ccc(-c3ccc(C(=O)O)cc3Cl)cc2)ccc1O. The zero-order valence-electron chi connectivity index (χ0n) is 18.7. The van der Waals surface area contributed by atoms with Crippen LogP contribution in [-0.2, 0) is 10.0 Å². The maximum Gasteiger partial charge on any atom is 0.335 e. The molecule has 0 radical (unpaired) electrons. The highest BCUT2D eigenvalue weighted by atomic mass is 35.5. The van der Waals surface area contributed by atoms with Gasteiger partial charge in [-0.3, -0.25) is 4.72 Å². The van der Waals surface area contributed by atoms with Crippen LogP contribution in [0.1, 0.15) is 22.0 Å². The molecule has 9 nitrogen and oxygen atoms in total. The number of carbonyl (C=O) groups is 1. The molecule has 0 bridgehead atoms. The van der Waals surface area contributed by atoms with Crippen molar-refractivity contribution in [1.29, 1.82) is 0 Å². The van der Waals surface area contributed by atoms with Gasteiger partial charge in [0.1, 0.15) is 18.1 Å². The monoisotopic (exact) mass is 520 g/mol. The number of aliphatic hydroxyl groups is 1. The number of phenols is 1. The highest BCUT2D eigenvalue weighted by Crippen LogP contribution is 2.30. The first kappa shape index (κ1) is 26.3. The van der Waals surface area contributed by atoms with Crippen molar-refractivity contribution in [3.63, 3.8) is 0 Å². The molecule has 0 heterocycles. The van der Waals surface area contributed by atoms with E-state index in [0.29, 0.717) is 35.1 Å². The Morgan fingerprint density at radius 2 is 1.80 bits per heavy atom. The number of ether oxygens (including phenoxy) is 1. The molecule has 1 atom stereocenters. The Kier molecular flexibility index (Phi) is 8.57. The topological polar surface area (TPSA) is 145 Å². The van der Waals surface area contributed by atoms with Crippen molar-refractivity contribution in [3.05, 3.63) is 76.8 Å². The minimum Gasteiger partial charge on any atom is -0.506 e. The smallest absolute Gasteiger partial charge is 0.335 e. The lowest BCUT2D eigenvalue weighted by Crippen LogP contribution is -2.26. The van der Waals surface area contributed by atoms with Gasteiger partial charge >= 0.3 is 5.97 Å². The molecule has 3 rings (SSSR count). The summed E-state index contributed by atoms with van der Waals surface area (Å²) in [5, 5.41) is 32.6. The second-order valence-corrected chi connectivity index (χ2v) is 9.90. The Labute approximate surface area is 208 Å². The van der Waals surface area contributed by atoms with Gasteiger partial charge in [-0.2, -0.15) is 0 Å². The minimum atomic E-state index is -3.57. The van der Waals surface area contributed by atoms with Crippen LogP contribution in [0.25, 0.3) is 11.1 Å². The average Bonchev–Trinajstić information content (AvgIpc) is 2.79. The van der Waals surface area contributed by atoms with Crippen molar-refractivity contribution in [2.75, 3.05) is 30.7 Å². The molecule has 0 aliphatic carbocycles. The van der Waals surface area contributed by atoms with Gasteiger partial charge in [-0.05, 0) is 47.5 Å². The average molecular weight is 521 g/mol. The lowest BCUT2D eigenvalue weighted by atomic mass is 10.0. The summed E-state index contributed by atoms with van der Waals surface area (Å²) in [4.78, 5) is 11.0. The van der Waals surface area contributed by atoms with E-state index in [1.807, 2.05) is 12.1 Å². The quantitative estimate of drug-likeness (QED) is 0.191. The summed E-state index contributed by atoms with van der Waals surface area (Å²) in [5.74, 6) is -0.650. The molecule has 3 aromatic rings. The first-order valence-corrected chi connectivity index (χ1v) is 12.8. The van der Waals surface area contributed by atoms with Crippen LogP contribution in [0, 0.1) is 0 Å². The van der Waals surface area contributed by atoms with Crippen LogP contribution in [0.4, 0.5) is 5.69 Å². The molecule has 0 fully saturated rings. The normalized spacial score (nSPS) is 12.2. The molecule has 0 aliphatic heterocycles. The van der Waals surface area contributed by atoms with E-state index in [-0.39, 0.29) is 23.5 Å². The minimum absolute atomic E-state index is 0.00468. The van der Waals surface area contributed by atoms with Gasteiger partial charge in [-0.15, -0.1) is 0 Å². The van der Waals surface area contributed by atoms with Crippen LogP contribution in [0.2, 0.25) is 5.02 Å². The number of hydrogen-bond acceptors (Lipinski definition) is 7. The summed E-state index contributed by atoms with van der Waals surface area (Å²) in [6, 6.07) is 16.0. The zero-order chi connectivity index (χ0) is 25.6. The highest BCUT2D eigenvalue weighted by Gasteiger charge is 2.13. The molecule has 0 amide bonds. The van der Waals surface area contributed by atoms with E-state index in [9.17, 15) is 23.4 Å². The molecule has 11 heteroatoms. The summed E-state index contributed by atoms with van der Waals surface area (Å²) in [6.45, 7) is 0.959. The van der Waals surface area contributed by atoms with Crippen molar-refractivity contribution < 1.29 is 33.3 Å². The van der Waals surface area contributed by atoms with E-state index in [2.05, 4.69) is 10.0 Å². The fourth-order valence-corrected chi connectivity index (χ4v) is 4.11. The number of phenolic OH excluding ortho intramolecular Hbond substituents is 1. The Balaban J connectivity index is 1.48. The number of hydrogen-bond donors (Lipinski definition) is 5. The van der Waals surface area contributed by atoms with E-state index in [1.54, 1.807) is 18.2 Å². The summed E-state index contributed by atoms with van der Waals surface area (Å²) < 4.78 is 30.7. The largest absolute Gasteiger partial charge is 0.506 e. The summed E-state index contributed by atoms with van der Waals surface area (Å²) in [7, 11) is -3.57.